The van der Waals surface area contributed by atoms with Crippen molar-refractivity contribution in [1.82, 2.24) is 0 Å². The predicted octanol–water partition coefficient (Wildman–Crippen LogP) is 6.87. The highest BCUT2D eigenvalue weighted by Gasteiger charge is 2.10. The Balaban J connectivity index is 1.53. The Bertz CT molecular complexity index is 432. The van der Waals surface area contributed by atoms with E-state index in [1.165, 1.54) is 75.3 Å². The first-order valence-corrected chi connectivity index (χ1v) is 9.37. The molecule has 0 bridgehead atoms. The quantitative estimate of drug-likeness (QED) is 0.568. The minimum atomic E-state index is 0.819. The molecule has 0 unspecified atom stereocenters. The van der Waals surface area contributed by atoms with Crippen LogP contribution in [-0.4, -0.2) is 0 Å². The zero-order chi connectivity index (χ0) is 15.0. The van der Waals surface area contributed by atoms with Gasteiger partial charge in [0.2, 0.25) is 0 Å². The van der Waals surface area contributed by atoms with Gasteiger partial charge in [-0.3, -0.25) is 0 Å². The summed E-state index contributed by atoms with van der Waals surface area (Å²) in [5.74, 6) is 1.64. The Hall–Kier alpha value is -1.30. The van der Waals surface area contributed by atoms with E-state index in [-0.39, 0.29) is 0 Å². The van der Waals surface area contributed by atoms with Gasteiger partial charge in [-0.25, -0.2) is 0 Å². The minimum absolute atomic E-state index is 0.819. The van der Waals surface area contributed by atoms with Gasteiger partial charge in [0.05, 0.1) is 0 Å². The van der Waals surface area contributed by atoms with Crippen molar-refractivity contribution in [3.8, 4) is 0 Å². The standard InChI is InChI=1S/C22H30/c1-3-7-19(8-4-1)11-13-21-15-17-22(18-16-21)14-12-20-9-5-2-6-10-20/h11-20H,1-10H2/b13-11+,14-12+. The third-order valence-electron chi connectivity index (χ3n) is 5.36. The lowest BCUT2D eigenvalue weighted by Crippen LogP contribution is -2.02. The van der Waals surface area contributed by atoms with E-state index in [4.69, 9.17) is 0 Å². The summed E-state index contributed by atoms with van der Waals surface area (Å²) in [4.78, 5) is 0. The first-order valence-electron chi connectivity index (χ1n) is 9.37. The van der Waals surface area contributed by atoms with Crippen LogP contribution in [-0.2, 0) is 0 Å². The molecule has 0 N–H and O–H groups in total. The second-order valence-corrected chi connectivity index (χ2v) is 7.18. The van der Waals surface area contributed by atoms with E-state index >= 15 is 0 Å². The molecule has 1 aromatic carbocycles. The van der Waals surface area contributed by atoms with E-state index in [0.717, 1.165) is 11.8 Å². The molecule has 0 aromatic heterocycles. The van der Waals surface area contributed by atoms with Crippen LogP contribution in [0.25, 0.3) is 12.2 Å². The molecule has 0 aliphatic heterocycles. The molecule has 0 spiro atoms. The molecule has 2 fully saturated rings. The van der Waals surface area contributed by atoms with Gasteiger partial charge >= 0.3 is 0 Å². The fourth-order valence-corrected chi connectivity index (χ4v) is 3.87. The van der Waals surface area contributed by atoms with Crippen LogP contribution in [0.1, 0.15) is 75.3 Å². The zero-order valence-corrected chi connectivity index (χ0v) is 13.8. The van der Waals surface area contributed by atoms with Crippen LogP contribution in [0.15, 0.2) is 36.4 Å². The molecule has 0 atom stereocenters. The van der Waals surface area contributed by atoms with Crippen molar-refractivity contribution in [3.63, 3.8) is 0 Å². The summed E-state index contributed by atoms with van der Waals surface area (Å²) in [6.07, 6.45) is 23.6. The van der Waals surface area contributed by atoms with Crippen LogP contribution in [0.4, 0.5) is 0 Å². The first-order chi connectivity index (χ1) is 10.9. The molecule has 0 saturated heterocycles. The summed E-state index contributed by atoms with van der Waals surface area (Å²) in [6.45, 7) is 0. The summed E-state index contributed by atoms with van der Waals surface area (Å²) in [5, 5.41) is 0. The van der Waals surface area contributed by atoms with Crippen LogP contribution in [0.3, 0.4) is 0 Å². The molecular formula is C22H30. The maximum Gasteiger partial charge on any atom is -0.0230 e. The molecule has 22 heavy (non-hydrogen) atoms. The molecule has 2 aliphatic carbocycles. The van der Waals surface area contributed by atoms with Crippen LogP contribution >= 0.6 is 0 Å². The molecule has 2 aliphatic rings. The Morgan fingerprint density at radius 3 is 1.27 bits per heavy atom. The van der Waals surface area contributed by atoms with Crippen LogP contribution in [0.5, 0.6) is 0 Å². The summed E-state index contributed by atoms with van der Waals surface area (Å²) in [6, 6.07) is 9.06. The summed E-state index contributed by atoms with van der Waals surface area (Å²) >= 11 is 0. The monoisotopic (exact) mass is 294 g/mol. The fraction of sp³-hybridized carbons (Fsp3) is 0.545. The average molecular weight is 294 g/mol. The highest BCUT2D eigenvalue weighted by Crippen LogP contribution is 2.26. The molecule has 118 valence electrons. The number of benzene rings is 1. The molecule has 2 saturated carbocycles. The van der Waals surface area contributed by atoms with Crippen molar-refractivity contribution in [2.75, 3.05) is 0 Å². The largest absolute Gasteiger partial charge is 0.0808 e. The van der Waals surface area contributed by atoms with Crippen LogP contribution < -0.4 is 0 Å². The van der Waals surface area contributed by atoms with E-state index in [9.17, 15) is 0 Å². The third-order valence-corrected chi connectivity index (χ3v) is 5.36. The highest BCUT2D eigenvalue weighted by atomic mass is 14.2. The number of rotatable bonds is 4. The maximum atomic E-state index is 2.44. The van der Waals surface area contributed by atoms with Crippen LogP contribution in [0.2, 0.25) is 0 Å². The van der Waals surface area contributed by atoms with Crippen molar-refractivity contribution in [2.45, 2.75) is 64.2 Å². The van der Waals surface area contributed by atoms with Crippen molar-refractivity contribution < 1.29 is 0 Å². The molecule has 3 rings (SSSR count). The zero-order valence-electron chi connectivity index (χ0n) is 13.8. The third kappa shape index (κ3) is 4.87. The smallest absolute Gasteiger partial charge is 0.0230 e. The molecule has 0 amide bonds. The number of hydrogen-bond donors (Lipinski definition) is 0. The second-order valence-electron chi connectivity index (χ2n) is 7.18. The van der Waals surface area contributed by atoms with Crippen LogP contribution in [0, 0.1) is 11.8 Å². The Morgan fingerprint density at radius 2 is 0.909 bits per heavy atom. The molecule has 0 heteroatoms. The Morgan fingerprint density at radius 1 is 0.545 bits per heavy atom. The molecule has 1 aromatic rings. The van der Waals surface area contributed by atoms with Gasteiger partial charge in [0.25, 0.3) is 0 Å². The molecule has 0 heterocycles. The van der Waals surface area contributed by atoms with E-state index in [1.54, 1.807) is 0 Å². The molecular weight excluding hydrogens is 264 g/mol. The lowest BCUT2D eigenvalue weighted by atomic mass is 9.88. The molecule has 0 radical (unpaired) electrons. The topological polar surface area (TPSA) is 0 Å². The Kier molecular flexibility index (Phi) is 5.93. The number of allylic oxidation sites excluding steroid dienone is 2. The van der Waals surface area contributed by atoms with E-state index in [2.05, 4.69) is 48.6 Å². The maximum absolute atomic E-state index is 2.44. The van der Waals surface area contributed by atoms with Crippen molar-refractivity contribution in [3.05, 3.63) is 47.5 Å². The van der Waals surface area contributed by atoms with Gasteiger partial charge in [-0.15, -0.1) is 0 Å². The van der Waals surface area contributed by atoms with E-state index in [1.807, 2.05) is 0 Å². The average Bonchev–Trinajstić information content (AvgIpc) is 2.61. The first kappa shape index (κ1) is 15.6. The highest BCUT2D eigenvalue weighted by molar-refractivity contribution is 5.56. The van der Waals surface area contributed by atoms with Crippen molar-refractivity contribution in [2.24, 2.45) is 11.8 Å². The SMILES string of the molecule is C(=C\C1CCCCC1)/c1ccc(/C=C/C2CCCCC2)cc1. The second kappa shape index (κ2) is 8.36. The lowest BCUT2D eigenvalue weighted by Gasteiger charge is -2.17. The van der Waals surface area contributed by atoms with E-state index < -0.39 is 0 Å². The van der Waals surface area contributed by atoms with Crippen molar-refractivity contribution in [1.29, 1.82) is 0 Å². The van der Waals surface area contributed by atoms with Gasteiger partial charge < -0.3 is 0 Å². The van der Waals surface area contributed by atoms with Gasteiger partial charge in [-0.05, 0) is 48.6 Å². The van der Waals surface area contributed by atoms with E-state index in [0.29, 0.717) is 0 Å². The van der Waals surface area contributed by atoms with Gasteiger partial charge in [-0.2, -0.15) is 0 Å². The summed E-state index contributed by atoms with van der Waals surface area (Å²) in [7, 11) is 0. The molecule has 0 nitrogen and oxygen atoms in total. The van der Waals surface area contributed by atoms with Gasteiger partial charge in [0, 0.05) is 0 Å². The van der Waals surface area contributed by atoms with Gasteiger partial charge in [0.15, 0.2) is 0 Å². The lowest BCUT2D eigenvalue weighted by molar-refractivity contribution is 0.420. The predicted molar refractivity (Wildman–Crippen MR) is 97.7 cm³/mol. The summed E-state index contributed by atoms with van der Waals surface area (Å²) < 4.78 is 0. The number of hydrogen-bond acceptors (Lipinski definition) is 0. The van der Waals surface area contributed by atoms with Gasteiger partial charge in [-0.1, -0.05) is 87.1 Å². The fourth-order valence-electron chi connectivity index (χ4n) is 3.87. The summed E-state index contributed by atoms with van der Waals surface area (Å²) in [5.41, 5.74) is 2.70. The van der Waals surface area contributed by atoms with Gasteiger partial charge in [0.1, 0.15) is 0 Å². The van der Waals surface area contributed by atoms with Crippen molar-refractivity contribution >= 4 is 12.2 Å². The normalized spacial score (nSPS) is 21.8. The minimum Gasteiger partial charge on any atom is -0.0808 e. The Labute approximate surface area is 136 Å².